The van der Waals surface area contributed by atoms with Crippen LogP contribution in [0.5, 0.6) is 11.5 Å². The molecular formula is C14H20O3. The Balaban J connectivity index is 2.64. The van der Waals surface area contributed by atoms with E-state index in [1.807, 2.05) is 0 Å². The zero-order valence-electron chi connectivity index (χ0n) is 10.7. The van der Waals surface area contributed by atoms with Gasteiger partial charge in [0, 0.05) is 16.7 Å². The van der Waals surface area contributed by atoms with Gasteiger partial charge in [-0.15, -0.1) is 0 Å². The molecule has 0 fully saturated rings. The minimum absolute atomic E-state index is 0.244. The summed E-state index contributed by atoms with van der Waals surface area (Å²) in [6.07, 6.45) is 4.02. The molecule has 1 aliphatic carbocycles. The van der Waals surface area contributed by atoms with Crippen molar-refractivity contribution in [3.63, 3.8) is 0 Å². The first-order valence-electron chi connectivity index (χ1n) is 6.09. The number of methoxy groups -OCH3 is 1. The molecule has 0 amide bonds. The van der Waals surface area contributed by atoms with Crippen LogP contribution in [0.4, 0.5) is 0 Å². The molecule has 0 bridgehead atoms. The minimum Gasteiger partial charge on any atom is -0.507 e. The fraction of sp³-hybridized carbons (Fsp3) is 0.571. The SMILES string of the molecule is COc1cc(C(C)(C)O)c(O)c2c1CCCC2. The van der Waals surface area contributed by atoms with E-state index < -0.39 is 5.60 Å². The van der Waals surface area contributed by atoms with E-state index in [9.17, 15) is 10.2 Å². The largest absolute Gasteiger partial charge is 0.507 e. The standard InChI is InChI=1S/C14H20O3/c1-14(2,16)11-8-12(17-3)9-6-4-5-7-10(9)13(11)15/h8,15-16H,4-7H2,1-3H3. The molecule has 3 nitrogen and oxygen atoms in total. The third-order valence-electron chi connectivity index (χ3n) is 3.46. The average Bonchev–Trinajstić information content (AvgIpc) is 2.28. The highest BCUT2D eigenvalue weighted by Crippen LogP contribution is 2.41. The van der Waals surface area contributed by atoms with Gasteiger partial charge in [0.15, 0.2) is 0 Å². The highest BCUT2D eigenvalue weighted by Gasteiger charge is 2.27. The summed E-state index contributed by atoms with van der Waals surface area (Å²) in [5.41, 5.74) is 1.55. The van der Waals surface area contributed by atoms with Crippen molar-refractivity contribution in [3.05, 3.63) is 22.8 Å². The molecule has 3 heteroatoms. The monoisotopic (exact) mass is 236 g/mol. The first-order chi connectivity index (χ1) is 7.95. The lowest BCUT2D eigenvalue weighted by atomic mass is 9.85. The molecule has 0 saturated heterocycles. The van der Waals surface area contributed by atoms with Crippen LogP contribution in [0.3, 0.4) is 0 Å². The van der Waals surface area contributed by atoms with Gasteiger partial charge in [-0.05, 0) is 45.6 Å². The van der Waals surface area contributed by atoms with Crippen LogP contribution in [0.25, 0.3) is 0 Å². The van der Waals surface area contributed by atoms with Gasteiger partial charge in [0.2, 0.25) is 0 Å². The van der Waals surface area contributed by atoms with Crippen molar-refractivity contribution in [1.29, 1.82) is 0 Å². The second kappa shape index (κ2) is 4.22. The Morgan fingerprint density at radius 1 is 1.18 bits per heavy atom. The van der Waals surface area contributed by atoms with Gasteiger partial charge in [-0.3, -0.25) is 0 Å². The fourth-order valence-electron chi connectivity index (χ4n) is 2.54. The number of aromatic hydroxyl groups is 1. The molecular weight excluding hydrogens is 216 g/mol. The molecule has 1 aromatic carbocycles. The first-order valence-corrected chi connectivity index (χ1v) is 6.09. The second-order valence-electron chi connectivity index (χ2n) is 5.20. The maximum atomic E-state index is 10.3. The molecule has 1 aromatic rings. The summed E-state index contributed by atoms with van der Waals surface area (Å²) < 4.78 is 5.38. The molecule has 94 valence electrons. The van der Waals surface area contributed by atoms with E-state index in [2.05, 4.69) is 0 Å². The summed E-state index contributed by atoms with van der Waals surface area (Å²) in [5, 5.41) is 20.4. The molecule has 2 rings (SSSR count). The predicted octanol–water partition coefficient (Wildman–Crippen LogP) is 2.51. The Bertz CT molecular complexity index is 430. The Labute approximate surface area is 102 Å². The summed E-state index contributed by atoms with van der Waals surface area (Å²) in [6.45, 7) is 3.35. The zero-order valence-corrected chi connectivity index (χ0v) is 10.7. The van der Waals surface area contributed by atoms with Crippen LogP contribution in [0.1, 0.15) is 43.4 Å². The van der Waals surface area contributed by atoms with Gasteiger partial charge in [0.1, 0.15) is 11.5 Å². The Morgan fingerprint density at radius 3 is 2.29 bits per heavy atom. The van der Waals surface area contributed by atoms with Crippen LogP contribution in [-0.4, -0.2) is 17.3 Å². The van der Waals surface area contributed by atoms with Crippen LogP contribution in [0.2, 0.25) is 0 Å². The molecule has 0 atom stereocenters. The molecule has 0 aliphatic heterocycles. The molecule has 0 saturated carbocycles. The number of ether oxygens (including phenoxy) is 1. The van der Waals surface area contributed by atoms with E-state index in [4.69, 9.17) is 4.74 Å². The lowest BCUT2D eigenvalue weighted by Crippen LogP contribution is -2.18. The summed E-state index contributed by atoms with van der Waals surface area (Å²) >= 11 is 0. The van der Waals surface area contributed by atoms with Crippen molar-refractivity contribution < 1.29 is 14.9 Å². The van der Waals surface area contributed by atoms with Crippen molar-refractivity contribution >= 4 is 0 Å². The van der Waals surface area contributed by atoms with Gasteiger partial charge in [-0.25, -0.2) is 0 Å². The smallest absolute Gasteiger partial charge is 0.125 e. The third-order valence-corrected chi connectivity index (χ3v) is 3.46. The van der Waals surface area contributed by atoms with Crippen molar-refractivity contribution in [2.75, 3.05) is 7.11 Å². The van der Waals surface area contributed by atoms with E-state index in [1.165, 1.54) is 0 Å². The highest BCUT2D eigenvalue weighted by molar-refractivity contribution is 5.55. The summed E-state index contributed by atoms with van der Waals surface area (Å²) in [5.74, 6) is 1.03. The van der Waals surface area contributed by atoms with Gasteiger partial charge in [0.25, 0.3) is 0 Å². The number of aliphatic hydroxyl groups is 1. The molecule has 2 N–H and O–H groups in total. The summed E-state index contributed by atoms with van der Waals surface area (Å²) in [6, 6.07) is 1.76. The number of phenolic OH excluding ortho intramolecular Hbond substituents is 1. The second-order valence-corrected chi connectivity index (χ2v) is 5.20. The van der Waals surface area contributed by atoms with Gasteiger partial charge in [-0.1, -0.05) is 0 Å². The van der Waals surface area contributed by atoms with Crippen molar-refractivity contribution in [3.8, 4) is 11.5 Å². The summed E-state index contributed by atoms with van der Waals surface area (Å²) in [4.78, 5) is 0. The maximum absolute atomic E-state index is 10.3. The van der Waals surface area contributed by atoms with Gasteiger partial charge in [0.05, 0.1) is 12.7 Å². The minimum atomic E-state index is -1.05. The zero-order chi connectivity index (χ0) is 12.6. The maximum Gasteiger partial charge on any atom is 0.125 e. The first kappa shape index (κ1) is 12.2. The number of fused-ring (bicyclic) bond motifs is 1. The normalized spacial score (nSPS) is 15.5. The Morgan fingerprint density at radius 2 is 1.76 bits per heavy atom. The topological polar surface area (TPSA) is 49.7 Å². The fourth-order valence-corrected chi connectivity index (χ4v) is 2.54. The molecule has 0 unspecified atom stereocenters. The third kappa shape index (κ3) is 2.12. The molecule has 0 aromatic heterocycles. The predicted molar refractivity (Wildman–Crippen MR) is 66.5 cm³/mol. The van der Waals surface area contributed by atoms with Crippen LogP contribution in [-0.2, 0) is 18.4 Å². The summed E-state index contributed by atoms with van der Waals surface area (Å²) in [7, 11) is 1.63. The van der Waals surface area contributed by atoms with E-state index in [0.717, 1.165) is 42.6 Å². The molecule has 0 radical (unpaired) electrons. The number of phenols is 1. The Kier molecular flexibility index (Phi) is 3.04. The van der Waals surface area contributed by atoms with Gasteiger partial charge in [-0.2, -0.15) is 0 Å². The van der Waals surface area contributed by atoms with Crippen molar-refractivity contribution in [2.24, 2.45) is 0 Å². The molecule has 0 spiro atoms. The lowest BCUT2D eigenvalue weighted by Gasteiger charge is -2.26. The number of rotatable bonds is 2. The molecule has 17 heavy (non-hydrogen) atoms. The van der Waals surface area contributed by atoms with Gasteiger partial charge < -0.3 is 14.9 Å². The van der Waals surface area contributed by atoms with E-state index in [1.54, 1.807) is 27.0 Å². The number of benzene rings is 1. The van der Waals surface area contributed by atoms with Crippen LogP contribution in [0.15, 0.2) is 6.07 Å². The average molecular weight is 236 g/mol. The quantitative estimate of drug-likeness (QED) is 0.829. The number of hydrogen-bond acceptors (Lipinski definition) is 3. The van der Waals surface area contributed by atoms with Crippen molar-refractivity contribution in [2.45, 2.75) is 45.1 Å². The van der Waals surface area contributed by atoms with Gasteiger partial charge >= 0.3 is 0 Å². The van der Waals surface area contributed by atoms with Crippen LogP contribution >= 0.6 is 0 Å². The molecule has 1 aliphatic rings. The van der Waals surface area contributed by atoms with E-state index in [-0.39, 0.29) is 5.75 Å². The van der Waals surface area contributed by atoms with Crippen molar-refractivity contribution in [1.82, 2.24) is 0 Å². The van der Waals surface area contributed by atoms with Crippen LogP contribution in [0, 0.1) is 0 Å². The van der Waals surface area contributed by atoms with E-state index >= 15 is 0 Å². The van der Waals surface area contributed by atoms with E-state index in [0.29, 0.717) is 5.56 Å². The van der Waals surface area contributed by atoms with Crippen LogP contribution < -0.4 is 4.74 Å². The highest BCUT2D eigenvalue weighted by atomic mass is 16.5. The lowest BCUT2D eigenvalue weighted by molar-refractivity contribution is 0.0753. The Hall–Kier alpha value is -1.22. The number of hydrogen-bond donors (Lipinski definition) is 2. The molecule has 0 heterocycles.